The first-order valence-electron chi connectivity index (χ1n) is 10.2. The number of nitrogens with zero attached hydrogens (tertiary/aromatic N) is 2. The van der Waals surface area contributed by atoms with Gasteiger partial charge in [-0.05, 0) is 17.7 Å². The van der Waals surface area contributed by atoms with Crippen LogP contribution < -0.4 is 16.4 Å². The molecule has 2 aliphatic rings. The molecule has 1 fully saturated rings. The molecule has 34 heavy (non-hydrogen) atoms. The molecule has 2 heterocycles. The first-order chi connectivity index (χ1) is 16.0. The average molecular weight is 492 g/mol. The van der Waals surface area contributed by atoms with Crippen LogP contribution in [0, 0.1) is 0 Å². The van der Waals surface area contributed by atoms with E-state index in [1.165, 1.54) is 23.6 Å². The molecule has 3 atom stereocenters. The number of β-lactam (4-membered cyclic amide) rings is 1. The normalized spacial score (nSPS) is 20.0. The van der Waals surface area contributed by atoms with Crippen LogP contribution in [0.3, 0.4) is 0 Å². The number of hydrogen-bond acceptors (Lipinski definition) is 8. The van der Waals surface area contributed by atoms with Gasteiger partial charge in [-0.25, -0.2) is 9.59 Å². The SMILES string of the molecule is CC(=O)OCC1=C(C(=O)O)N2C(=O)[C@@H](NC(=O)C(N)c3ccc(NC(=O)N(C)C)cc3)[C@H]2SC1. The quantitative estimate of drug-likeness (QED) is 0.304. The first kappa shape index (κ1) is 25.1. The van der Waals surface area contributed by atoms with Crippen molar-refractivity contribution in [3.8, 4) is 0 Å². The van der Waals surface area contributed by atoms with Crippen molar-refractivity contribution in [2.24, 2.45) is 5.73 Å². The van der Waals surface area contributed by atoms with Gasteiger partial charge in [0.2, 0.25) is 5.91 Å². The second-order valence-corrected chi connectivity index (χ2v) is 8.96. The third-order valence-corrected chi connectivity index (χ3v) is 6.55. The summed E-state index contributed by atoms with van der Waals surface area (Å²) in [5, 5.41) is 14.2. The van der Waals surface area contributed by atoms with Gasteiger partial charge in [0, 0.05) is 38.0 Å². The van der Waals surface area contributed by atoms with Crippen LogP contribution in [0.2, 0.25) is 0 Å². The van der Waals surface area contributed by atoms with E-state index in [-0.39, 0.29) is 24.1 Å². The lowest BCUT2D eigenvalue weighted by Crippen LogP contribution is -2.71. The van der Waals surface area contributed by atoms with E-state index in [0.29, 0.717) is 16.8 Å². The van der Waals surface area contributed by atoms with E-state index in [0.717, 1.165) is 4.90 Å². The lowest BCUT2D eigenvalue weighted by Gasteiger charge is -2.49. The zero-order chi connectivity index (χ0) is 25.2. The molecule has 182 valence electrons. The van der Waals surface area contributed by atoms with Crippen LogP contribution >= 0.6 is 11.8 Å². The molecule has 4 amide bonds. The number of amides is 4. The number of nitrogens with one attached hydrogen (secondary N) is 2. The number of carboxylic acid groups (broad SMARTS) is 1. The number of fused-ring (bicyclic) bond motifs is 1. The molecule has 0 saturated carbocycles. The van der Waals surface area contributed by atoms with Crippen molar-refractivity contribution < 1.29 is 33.8 Å². The second-order valence-electron chi connectivity index (χ2n) is 7.86. The van der Waals surface area contributed by atoms with Gasteiger partial charge in [0.05, 0.1) is 0 Å². The van der Waals surface area contributed by atoms with Gasteiger partial charge in [-0.3, -0.25) is 19.3 Å². The summed E-state index contributed by atoms with van der Waals surface area (Å²) in [5.41, 5.74) is 7.11. The molecule has 5 N–H and O–H groups in total. The summed E-state index contributed by atoms with van der Waals surface area (Å²) in [4.78, 5) is 62.4. The number of carbonyl (C=O) groups is 5. The van der Waals surface area contributed by atoms with Gasteiger partial charge in [0.15, 0.2) is 0 Å². The molecule has 2 aliphatic heterocycles. The van der Waals surface area contributed by atoms with Gasteiger partial charge < -0.3 is 31.1 Å². The highest BCUT2D eigenvalue weighted by molar-refractivity contribution is 8.00. The molecular formula is C21H25N5O7S. The Hall–Kier alpha value is -3.58. The lowest BCUT2D eigenvalue weighted by atomic mass is 10.0. The molecule has 1 unspecified atom stereocenters. The van der Waals surface area contributed by atoms with Crippen LogP contribution in [0.4, 0.5) is 10.5 Å². The Labute approximate surface area is 199 Å². The summed E-state index contributed by atoms with van der Waals surface area (Å²) < 4.78 is 4.89. The number of esters is 1. The fourth-order valence-corrected chi connectivity index (χ4v) is 4.71. The smallest absolute Gasteiger partial charge is 0.352 e. The van der Waals surface area contributed by atoms with Crippen molar-refractivity contribution in [2.75, 3.05) is 31.8 Å². The van der Waals surface area contributed by atoms with Crippen molar-refractivity contribution in [3.63, 3.8) is 0 Å². The largest absolute Gasteiger partial charge is 0.477 e. The number of thioether (sulfide) groups is 1. The van der Waals surface area contributed by atoms with Crippen LogP contribution in [-0.4, -0.2) is 82.6 Å². The Balaban J connectivity index is 1.65. The van der Waals surface area contributed by atoms with Gasteiger partial charge in [-0.2, -0.15) is 0 Å². The number of anilines is 1. The number of urea groups is 1. The maximum atomic E-state index is 12.7. The third kappa shape index (κ3) is 5.15. The minimum Gasteiger partial charge on any atom is -0.477 e. The lowest BCUT2D eigenvalue weighted by molar-refractivity contribution is -0.151. The van der Waals surface area contributed by atoms with Crippen LogP contribution in [-0.2, 0) is 23.9 Å². The monoisotopic (exact) mass is 491 g/mol. The third-order valence-electron chi connectivity index (χ3n) is 5.21. The predicted molar refractivity (Wildman–Crippen MR) is 122 cm³/mol. The van der Waals surface area contributed by atoms with Crippen molar-refractivity contribution in [1.29, 1.82) is 0 Å². The average Bonchev–Trinajstić information content (AvgIpc) is 2.79. The van der Waals surface area contributed by atoms with Crippen molar-refractivity contribution in [2.45, 2.75) is 24.4 Å². The molecule has 12 nitrogen and oxygen atoms in total. The van der Waals surface area contributed by atoms with E-state index in [9.17, 15) is 29.1 Å². The van der Waals surface area contributed by atoms with Gasteiger partial charge in [0.25, 0.3) is 5.91 Å². The van der Waals surface area contributed by atoms with E-state index in [1.54, 1.807) is 38.4 Å². The summed E-state index contributed by atoms with van der Waals surface area (Å²) in [7, 11) is 3.21. The second kappa shape index (κ2) is 10.1. The van der Waals surface area contributed by atoms with Crippen LogP contribution in [0.5, 0.6) is 0 Å². The summed E-state index contributed by atoms with van der Waals surface area (Å²) >= 11 is 1.26. The van der Waals surface area contributed by atoms with E-state index >= 15 is 0 Å². The number of nitrogens with two attached hydrogens (primary N) is 1. The van der Waals surface area contributed by atoms with Crippen molar-refractivity contribution in [1.82, 2.24) is 15.1 Å². The maximum absolute atomic E-state index is 12.7. The first-order valence-corrected chi connectivity index (χ1v) is 11.2. The predicted octanol–water partition coefficient (Wildman–Crippen LogP) is 0.0816. The van der Waals surface area contributed by atoms with E-state index in [1.807, 2.05) is 0 Å². The molecule has 0 aliphatic carbocycles. The fourth-order valence-electron chi connectivity index (χ4n) is 3.39. The molecule has 0 bridgehead atoms. The van der Waals surface area contributed by atoms with Crippen molar-refractivity contribution >= 4 is 47.2 Å². The van der Waals surface area contributed by atoms with Gasteiger partial charge >= 0.3 is 18.0 Å². The molecule has 3 rings (SSSR count). The molecule has 13 heteroatoms. The van der Waals surface area contributed by atoms with Crippen LogP contribution in [0.15, 0.2) is 35.5 Å². The van der Waals surface area contributed by atoms with Crippen molar-refractivity contribution in [3.05, 3.63) is 41.1 Å². The van der Waals surface area contributed by atoms with E-state index in [4.69, 9.17) is 10.5 Å². The number of hydrogen-bond donors (Lipinski definition) is 4. The minimum atomic E-state index is -1.32. The Kier molecular flexibility index (Phi) is 7.47. The highest BCUT2D eigenvalue weighted by atomic mass is 32.2. The highest BCUT2D eigenvalue weighted by Gasteiger charge is 2.54. The zero-order valence-corrected chi connectivity index (χ0v) is 19.5. The topological polar surface area (TPSA) is 171 Å². The Morgan fingerprint density at radius 2 is 1.91 bits per heavy atom. The fraction of sp³-hybridized carbons (Fsp3) is 0.381. The van der Waals surface area contributed by atoms with Crippen LogP contribution in [0.1, 0.15) is 18.5 Å². The minimum absolute atomic E-state index is 0.224. The molecule has 1 aromatic carbocycles. The molecule has 0 spiro atoms. The number of benzene rings is 1. The molecule has 0 aromatic heterocycles. The Morgan fingerprint density at radius 1 is 1.26 bits per heavy atom. The molecular weight excluding hydrogens is 466 g/mol. The number of rotatable bonds is 7. The summed E-state index contributed by atoms with van der Waals surface area (Å²) in [6, 6.07) is 4.06. The maximum Gasteiger partial charge on any atom is 0.352 e. The molecule has 1 saturated heterocycles. The number of aliphatic carboxylic acids is 1. The van der Waals surface area contributed by atoms with Gasteiger partial charge in [-0.1, -0.05) is 12.1 Å². The summed E-state index contributed by atoms with van der Waals surface area (Å²) in [6.45, 7) is 0.976. The highest BCUT2D eigenvalue weighted by Crippen LogP contribution is 2.40. The summed E-state index contributed by atoms with van der Waals surface area (Å²) in [5.74, 6) is -2.84. The Morgan fingerprint density at radius 3 is 2.47 bits per heavy atom. The van der Waals surface area contributed by atoms with Crippen LogP contribution in [0.25, 0.3) is 0 Å². The molecule has 1 aromatic rings. The zero-order valence-electron chi connectivity index (χ0n) is 18.7. The number of carbonyl (C=O) groups excluding carboxylic acids is 4. The number of ether oxygens (including phenoxy) is 1. The van der Waals surface area contributed by atoms with Gasteiger partial charge in [-0.15, -0.1) is 11.8 Å². The van der Waals surface area contributed by atoms with E-state index in [2.05, 4.69) is 10.6 Å². The standard InChI is InChI=1S/C21H25N5O7S/c1-10(27)33-8-12-9-34-19-15(18(29)26(19)16(12)20(30)31)24-17(28)14(22)11-4-6-13(7-5-11)23-21(32)25(2)3/h4-7,14-15,19H,8-9,22H2,1-3H3,(H,23,32)(H,24,28)(H,30,31)/t14?,15-,19-/m1/s1. The summed E-state index contributed by atoms with van der Waals surface area (Å²) in [6.07, 6.45) is 0. The van der Waals surface area contributed by atoms with E-state index < -0.39 is 41.2 Å². The molecule has 0 radical (unpaired) electrons. The Bertz CT molecular complexity index is 1060. The van der Waals surface area contributed by atoms with Gasteiger partial charge in [0.1, 0.15) is 29.8 Å². The number of carboxylic acids is 1.